The lowest BCUT2D eigenvalue weighted by Gasteiger charge is -2.08. The van der Waals surface area contributed by atoms with Crippen LogP contribution in [0.2, 0.25) is 5.02 Å². The first-order valence-electron chi connectivity index (χ1n) is 6.95. The summed E-state index contributed by atoms with van der Waals surface area (Å²) < 4.78 is 5.71. The van der Waals surface area contributed by atoms with Gasteiger partial charge in [0, 0.05) is 11.6 Å². The summed E-state index contributed by atoms with van der Waals surface area (Å²) in [4.78, 5) is 0. The number of hydrogen-bond acceptors (Lipinski definition) is 2. The summed E-state index contributed by atoms with van der Waals surface area (Å²) in [6.45, 7) is 4.72. The molecule has 0 bridgehead atoms. The van der Waals surface area contributed by atoms with Gasteiger partial charge in [-0.15, -0.1) is 0 Å². The standard InChI is InChI=1S/C17H20ClNO/c1-2-11-19-12-14-3-5-15(6-4-14)13-20-17-9-7-16(18)8-10-17/h3-10,19H,2,11-13H2,1H3. The largest absolute Gasteiger partial charge is 0.489 e. The molecule has 0 unspecified atom stereocenters. The monoisotopic (exact) mass is 289 g/mol. The highest BCUT2D eigenvalue weighted by Gasteiger charge is 1.97. The molecule has 0 aromatic heterocycles. The van der Waals surface area contributed by atoms with Crippen LogP contribution < -0.4 is 10.1 Å². The molecule has 2 rings (SSSR count). The zero-order valence-corrected chi connectivity index (χ0v) is 12.5. The molecule has 0 radical (unpaired) electrons. The van der Waals surface area contributed by atoms with E-state index in [1.165, 1.54) is 11.1 Å². The maximum absolute atomic E-state index is 5.84. The van der Waals surface area contributed by atoms with Gasteiger partial charge in [0.1, 0.15) is 12.4 Å². The zero-order valence-electron chi connectivity index (χ0n) is 11.7. The summed E-state index contributed by atoms with van der Waals surface area (Å²) in [6, 6.07) is 15.9. The number of ether oxygens (including phenoxy) is 1. The Morgan fingerprint density at radius 3 is 2.25 bits per heavy atom. The molecule has 0 heterocycles. The van der Waals surface area contributed by atoms with Crippen molar-refractivity contribution < 1.29 is 4.74 Å². The summed E-state index contributed by atoms with van der Waals surface area (Å²) in [5, 5.41) is 4.11. The van der Waals surface area contributed by atoms with Gasteiger partial charge in [0.05, 0.1) is 0 Å². The second kappa shape index (κ2) is 7.93. The van der Waals surface area contributed by atoms with E-state index in [1.807, 2.05) is 24.3 Å². The van der Waals surface area contributed by atoms with Crippen LogP contribution in [0.4, 0.5) is 0 Å². The summed E-state index contributed by atoms with van der Waals surface area (Å²) in [6.07, 6.45) is 1.16. The second-order valence-corrected chi connectivity index (χ2v) is 5.17. The maximum atomic E-state index is 5.84. The van der Waals surface area contributed by atoms with E-state index in [0.29, 0.717) is 6.61 Å². The number of hydrogen-bond donors (Lipinski definition) is 1. The van der Waals surface area contributed by atoms with E-state index in [2.05, 4.69) is 36.5 Å². The fourth-order valence-electron chi connectivity index (χ4n) is 1.86. The van der Waals surface area contributed by atoms with Crippen LogP contribution in [0.3, 0.4) is 0 Å². The van der Waals surface area contributed by atoms with Gasteiger partial charge in [-0.3, -0.25) is 0 Å². The molecule has 0 spiro atoms. The van der Waals surface area contributed by atoms with Crippen LogP contribution in [0.5, 0.6) is 5.75 Å². The van der Waals surface area contributed by atoms with Gasteiger partial charge in [-0.05, 0) is 48.4 Å². The quantitative estimate of drug-likeness (QED) is 0.762. The average molecular weight is 290 g/mol. The van der Waals surface area contributed by atoms with Crippen molar-refractivity contribution in [2.24, 2.45) is 0 Å². The molecule has 2 aromatic carbocycles. The molecule has 20 heavy (non-hydrogen) atoms. The first kappa shape index (κ1) is 14.9. The molecule has 0 atom stereocenters. The maximum Gasteiger partial charge on any atom is 0.119 e. The van der Waals surface area contributed by atoms with Gasteiger partial charge in [0.15, 0.2) is 0 Å². The van der Waals surface area contributed by atoms with Crippen LogP contribution in [-0.4, -0.2) is 6.54 Å². The van der Waals surface area contributed by atoms with Gasteiger partial charge >= 0.3 is 0 Å². The molecule has 106 valence electrons. The molecular weight excluding hydrogens is 270 g/mol. The molecule has 0 saturated carbocycles. The van der Waals surface area contributed by atoms with Crippen molar-refractivity contribution in [3.8, 4) is 5.75 Å². The fourth-order valence-corrected chi connectivity index (χ4v) is 1.99. The molecule has 0 aliphatic heterocycles. The van der Waals surface area contributed by atoms with Gasteiger partial charge in [-0.2, -0.15) is 0 Å². The van der Waals surface area contributed by atoms with Gasteiger partial charge in [-0.1, -0.05) is 42.8 Å². The van der Waals surface area contributed by atoms with Crippen molar-refractivity contribution in [3.63, 3.8) is 0 Å². The van der Waals surface area contributed by atoms with E-state index in [0.717, 1.165) is 30.3 Å². The molecular formula is C17H20ClNO. The normalized spacial score (nSPS) is 10.5. The van der Waals surface area contributed by atoms with E-state index in [9.17, 15) is 0 Å². The molecule has 2 aromatic rings. The van der Waals surface area contributed by atoms with Gasteiger partial charge < -0.3 is 10.1 Å². The Morgan fingerprint density at radius 2 is 1.60 bits per heavy atom. The average Bonchev–Trinajstić information content (AvgIpc) is 2.48. The predicted octanol–water partition coefficient (Wildman–Crippen LogP) is 4.42. The number of nitrogens with one attached hydrogen (secondary N) is 1. The van der Waals surface area contributed by atoms with E-state index >= 15 is 0 Å². The molecule has 0 amide bonds. The topological polar surface area (TPSA) is 21.3 Å². The van der Waals surface area contributed by atoms with Crippen molar-refractivity contribution in [1.82, 2.24) is 5.32 Å². The smallest absolute Gasteiger partial charge is 0.119 e. The lowest BCUT2D eigenvalue weighted by atomic mass is 10.1. The van der Waals surface area contributed by atoms with Crippen molar-refractivity contribution in [2.75, 3.05) is 6.54 Å². The Morgan fingerprint density at radius 1 is 0.950 bits per heavy atom. The lowest BCUT2D eigenvalue weighted by Crippen LogP contribution is -2.13. The highest BCUT2D eigenvalue weighted by Crippen LogP contribution is 2.17. The molecule has 2 nitrogen and oxygen atoms in total. The van der Waals surface area contributed by atoms with Crippen molar-refractivity contribution in [3.05, 3.63) is 64.7 Å². The fraction of sp³-hybridized carbons (Fsp3) is 0.294. The summed E-state index contributed by atoms with van der Waals surface area (Å²) in [7, 11) is 0. The van der Waals surface area contributed by atoms with Gasteiger partial charge in [0.2, 0.25) is 0 Å². The molecule has 3 heteroatoms. The molecule has 0 saturated heterocycles. The highest BCUT2D eigenvalue weighted by molar-refractivity contribution is 6.30. The van der Waals surface area contributed by atoms with E-state index in [4.69, 9.17) is 16.3 Å². The minimum absolute atomic E-state index is 0.574. The number of benzene rings is 2. The first-order chi connectivity index (χ1) is 9.78. The van der Waals surface area contributed by atoms with Crippen molar-refractivity contribution in [1.29, 1.82) is 0 Å². The first-order valence-corrected chi connectivity index (χ1v) is 7.32. The Balaban J connectivity index is 1.82. The van der Waals surface area contributed by atoms with E-state index < -0.39 is 0 Å². The summed E-state index contributed by atoms with van der Waals surface area (Å²) in [5.74, 6) is 0.836. The van der Waals surface area contributed by atoms with Crippen LogP contribution in [0.15, 0.2) is 48.5 Å². The van der Waals surface area contributed by atoms with Crippen LogP contribution in [0.25, 0.3) is 0 Å². The van der Waals surface area contributed by atoms with Gasteiger partial charge in [0.25, 0.3) is 0 Å². The molecule has 0 fully saturated rings. The van der Waals surface area contributed by atoms with Crippen molar-refractivity contribution in [2.45, 2.75) is 26.5 Å². The molecule has 1 N–H and O–H groups in total. The third kappa shape index (κ3) is 4.87. The second-order valence-electron chi connectivity index (χ2n) is 4.74. The lowest BCUT2D eigenvalue weighted by molar-refractivity contribution is 0.306. The number of halogens is 1. The summed E-state index contributed by atoms with van der Waals surface area (Å²) >= 11 is 5.84. The van der Waals surface area contributed by atoms with E-state index in [1.54, 1.807) is 0 Å². The third-order valence-electron chi connectivity index (χ3n) is 3.00. The predicted molar refractivity (Wildman–Crippen MR) is 84.2 cm³/mol. The third-order valence-corrected chi connectivity index (χ3v) is 3.25. The van der Waals surface area contributed by atoms with Crippen LogP contribution in [-0.2, 0) is 13.2 Å². The number of rotatable bonds is 7. The Bertz CT molecular complexity index is 508. The Kier molecular flexibility index (Phi) is 5.90. The van der Waals surface area contributed by atoms with Crippen LogP contribution >= 0.6 is 11.6 Å². The van der Waals surface area contributed by atoms with Crippen LogP contribution in [0.1, 0.15) is 24.5 Å². The van der Waals surface area contributed by atoms with Crippen LogP contribution in [0, 0.1) is 0 Å². The molecule has 0 aliphatic carbocycles. The van der Waals surface area contributed by atoms with E-state index in [-0.39, 0.29) is 0 Å². The SMILES string of the molecule is CCCNCc1ccc(COc2ccc(Cl)cc2)cc1. The minimum Gasteiger partial charge on any atom is -0.489 e. The minimum atomic E-state index is 0.574. The zero-order chi connectivity index (χ0) is 14.2. The summed E-state index contributed by atoms with van der Waals surface area (Å²) in [5.41, 5.74) is 2.47. The van der Waals surface area contributed by atoms with Gasteiger partial charge in [-0.25, -0.2) is 0 Å². The molecule has 0 aliphatic rings. The highest BCUT2D eigenvalue weighted by atomic mass is 35.5. The Hall–Kier alpha value is -1.51. The van der Waals surface area contributed by atoms with Crippen molar-refractivity contribution >= 4 is 11.6 Å². The Labute approximate surface area is 125 Å².